The van der Waals surface area contributed by atoms with E-state index in [1.165, 1.54) is 0 Å². The van der Waals surface area contributed by atoms with Gasteiger partial charge in [0.1, 0.15) is 11.2 Å². The summed E-state index contributed by atoms with van der Waals surface area (Å²) >= 11 is 6.61. The van der Waals surface area contributed by atoms with E-state index in [-0.39, 0.29) is 6.04 Å². The number of nitrogens with zero attached hydrogens (tertiary/aromatic N) is 7. The molecule has 150 valence electrons. The number of nitrogens with one attached hydrogen (secondary N) is 1. The van der Waals surface area contributed by atoms with Gasteiger partial charge in [0.05, 0.1) is 30.6 Å². The van der Waals surface area contributed by atoms with Crippen molar-refractivity contribution in [3.05, 3.63) is 35.2 Å². The highest BCUT2D eigenvalue weighted by atomic mass is 35.5. The minimum Gasteiger partial charge on any atom is -0.377 e. The third kappa shape index (κ3) is 2.97. The van der Waals surface area contributed by atoms with Gasteiger partial charge in [0.2, 0.25) is 0 Å². The fourth-order valence-corrected chi connectivity index (χ4v) is 4.05. The van der Waals surface area contributed by atoms with E-state index in [4.69, 9.17) is 21.4 Å². The number of H-pyrrole nitrogens is 1. The lowest BCUT2D eigenvalue weighted by molar-refractivity contribution is 0.0984. The number of aromatic amines is 1. The number of fused-ring (bicyclic) bond motifs is 1. The molecule has 0 aliphatic carbocycles. The van der Waals surface area contributed by atoms with Crippen LogP contribution in [0.5, 0.6) is 0 Å². The van der Waals surface area contributed by atoms with Crippen molar-refractivity contribution in [2.45, 2.75) is 19.9 Å². The molecule has 9 nitrogen and oxygen atoms in total. The third-order valence-electron chi connectivity index (χ3n) is 5.25. The fourth-order valence-electron chi connectivity index (χ4n) is 3.79. The van der Waals surface area contributed by atoms with Crippen molar-refractivity contribution < 1.29 is 4.74 Å². The molecule has 5 rings (SSSR count). The maximum atomic E-state index is 6.61. The third-order valence-corrected chi connectivity index (χ3v) is 5.51. The molecule has 1 fully saturated rings. The maximum Gasteiger partial charge on any atom is 0.181 e. The zero-order valence-corrected chi connectivity index (χ0v) is 17.2. The second kappa shape index (κ2) is 6.85. The van der Waals surface area contributed by atoms with Gasteiger partial charge in [0.15, 0.2) is 16.8 Å². The summed E-state index contributed by atoms with van der Waals surface area (Å²) in [5.41, 5.74) is 4.24. The summed E-state index contributed by atoms with van der Waals surface area (Å²) in [7, 11) is 1.91. The predicted octanol–water partition coefficient (Wildman–Crippen LogP) is 2.71. The molecule has 5 heterocycles. The Balaban J connectivity index is 1.80. The van der Waals surface area contributed by atoms with Gasteiger partial charge < -0.3 is 9.64 Å². The van der Waals surface area contributed by atoms with Crippen LogP contribution in [0.25, 0.3) is 28.3 Å². The van der Waals surface area contributed by atoms with Crippen molar-refractivity contribution in [1.29, 1.82) is 0 Å². The monoisotopic (exact) mass is 412 g/mol. The lowest BCUT2D eigenvalue weighted by atomic mass is 10.1. The highest BCUT2D eigenvalue weighted by Crippen LogP contribution is 2.35. The zero-order chi connectivity index (χ0) is 20.1. The van der Waals surface area contributed by atoms with E-state index in [2.05, 4.69) is 38.2 Å². The Hall–Kier alpha value is -2.91. The molecule has 0 spiro atoms. The van der Waals surface area contributed by atoms with E-state index in [0.717, 1.165) is 40.5 Å². The number of rotatable bonds is 3. The SMILES string of the molecule is Cc1cc(-c2nc(Cl)c3c(-c4ccnn4C)cc(N4CCOC[C@H]4C)nn23)[nH]n1. The Morgan fingerprint density at radius 3 is 2.86 bits per heavy atom. The second-order valence-corrected chi connectivity index (χ2v) is 7.64. The summed E-state index contributed by atoms with van der Waals surface area (Å²) in [5.74, 6) is 1.47. The van der Waals surface area contributed by atoms with Gasteiger partial charge in [-0.15, -0.1) is 5.10 Å². The van der Waals surface area contributed by atoms with Crippen LogP contribution in [0.4, 0.5) is 5.82 Å². The highest BCUT2D eigenvalue weighted by molar-refractivity contribution is 6.33. The number of halogens is 1. The standard InChI is InChI=1S/C19H21ClN8O/c1-11-8-14(24-23-11)19-22-18(20)17-13(15-4-5-21-26(15)3)9-16(25-28(17)19)27-6-7-29-10-12(27)2/h4-5,8-9,12H,6-7,10H2,1-3H3,(H,23,24)/t12-/m1/s1. The van der Waals surface area contributed by atoms with Crippen molar-refractivity contribution in [3.8, 4) is 22.8 Å². The molecule has 1 saturated heterocycles. The van der Waals surface area contributed by atoms with E-state index in [9.17, 15) is 0 Å². The molecule has 1 N–H and O–H groups in total. The Morgan fingerprint density at radius 1 is 1.31 bits per heavy atom. The molecule has 1 aliphatic rings. The minimum absolute atomic E-state index is 0.213. The van der Waals surface area contributed by atoms with Gasteiger partial charge in [0, 0.05) is 25.4 Å². The summed E-state index contributed by atoms with van der Waals surface area (Å²) in [6, 6.07) is 6.17. The average molecular weight is 413 g/mol. The largest absolute Gasteiger partial charge is 0.377 e. The van der Waals surface area contributed by atoms with Gasteiger partial charge in [-0.05, 0) is 32.0 Å². The van der Waals surface area contributed by atoms with Gasteiger partial charge in [0.25, 0.3) is 0 Å². The quantitative estimate of drug-likeness (QED) is 0.556. The normalized spacial score (nSPS) is 17.4. The van der Waals surface area contributed by atoms with E-state index in [1.54, 1.807) is 10.7 Å². The van der Waals surface area contributed by atoms with E-state index < -0.39 is 0 Å². The van der Waals surface area contributed by atoms with Gasteiger partial charge in [-0.2, -0.15) is 10.2 Å². The molecule has 4 aromatic rings. The molecule has 0 radical (unpaired) electrons. The first kappa shape index (κ1) is 18.1. The predicted molar refractivity (Wildman–Crippen MR) is 110 cm³/mol. The number of anilines is 1. The molecule has 0 bridgehead atoms. The second-order valence-electron chi connectivity index (χ2n) is 7.28. The summed E-state index contributed by atoms with van der Waals surface area (Å²) in [4.78, 5) is 6.85. The van der Waals surface area contributed by atoms with Gasteiger partial charge in [-0.3, -0.25) is 9.78 Å². The van der Waals surface area contributed by atoms with Crippen LogP contribution < -0.4 is 4.90 Å². The van der Waals surface area contributed by atoms with Crippen LogP contribution in [0.1, 0.15) is 12.6 Å². The molecule has 1 aliphatic heterocycles. The number of morpholine rings is 1. The molecule has 0 unspecified atom stereocenters. The Morgan fingerprint density at radius 2 is 2.17 bits per heavy atom. The Labute approximate surface area is 172 Å². The molecule has 29 heavy (non-hydrogen) atoms. The molecule has 1 atom stereocenters. The highest BCUT2D eigenvalue weighted by Gasteiger charge is 2.25. The maximum absolute atomic E-state index is 6.61. The van der Waals surface area contributed by atoms with Gasteiger partial charge in [-0.1, -0.05) is 11.6 Å². The molecule has 0 saturated carbocycles. The lowest BCUT2D eigenvalue weighted by Gasteiger charge is -2.34. The molecule has 0 amide bonds. The molecule has 4 aromatic heterocycles. The number of ether oxygens (including phenoxy) is 1. The minimum atomic E-state index is 0.213. The van der Waals surface area contributed by atoms with Gasteiger partial charge in [-0.25, -0.2) is 9.50 Å². The molecule has 10 heteroatoms. The number of aromatic nitrogens is 7. The lowest BCUT2D eigenvalue weighted by Crippen LogP contribution is -2.44. The van der Waals surface area contributed by atoms with Crippen molar-refractivity contribution in [3.63, 3.8) is 0 Å². The number of imidazole rings is 1. The van der Waals surface area contributed by atoms with E-state index >= 15 is 0 Å². The van der Waals surface area contributed by atoms with Crippen LogP contribution in [-0.2, 0) is 11.8 Å². The van der Waals surface area contributed by atoms with Crippen LogP contribution in [0.2, 0.25) is 5.15 Å². The van der Waals surface area contributed by atoms with Crippen molar-refractivity contribution in [1.82, 2.24) is 34.6 Å². The molecular formula is C19H21ClN8O. The van der Waals surface area contributed by atoms with E-state index in [1.807, 2.05) is 30.8 Å². The van der Waals surface area contributed by atoms with E-state index in [0.29, 0.717) is 24.2 Å². The van der Waals surface area contributed by atoms with Crippen LogP contribution in [0.3, 0.4) is 0 Å². The molecular weight excluding hydrogens is 392 g/mol. The number of hydrogen-bond donors (Lipinski definition) is 1. The topological polar surface area (TPSA) is 89.2 Å². The molecule has 0 aromatic carbocycles. The smallest absolute Gasteiger partial charge is 0.181 e. The van der Waals surface area contributed by atoms with Gasteiger partial charge >= 0.3 is 0 Å². The van der Waals surface area contributed by atoms with Crippen molar-refractivity contribution in [2.75, 3.05) is 24.7 Å². The van der Waals surface area contributed by atoms with Crippen LogP contribution in [0.15, 0.2) is 24.4 Å². The summed E-state index contributed by atoms with van der Waals surface area (Å²) in [6.07, 6.45) is 1.77. The summed E-state index contributed by atoms with van der Waals surface area (Å²) < 4.78 is 9.23. The summed E-state index contributed by atoms with van der Waals surface area (Å²) in [6.45, 7) is 6.16. The first-order valence-electron chi connectivity index (χ1n) is 9.47. The van der Waals surface area contributed by atoms with Crippen LogP contribution in [0, 0.1) is 6.92 Å². The van der Waals surface area contributed by atoms with Crippen LogP contribution >= 0.6 is 11.6 Å². The van der Waals surface area contributed by atoms with Crippen LogP contribution in [-0.4, -0.2) is 60.4 Å². The zero-order valence-electron chi connectivity index (χ0n) is 16.4. The Bertz CT molecular complexity index is 1190. The Kier molecular flexibility index (Phi) is 4.29. The number of hydrogen-bond acceptors (Lipinski definition) is 6. The first-order valence-corrected chi connectivity index (χ1v) is 9.85. The average Bonchev–Trinajstić information content (AvgIpc) is 3.41. The number of aryl methyl sites for hydroxylation is 2. The van der Waals surface area contributed by atoms with Crippen molar-refractivity contribution >= 4 is 22.9 Å². The summed E-state index contributed by atoms with van der Waals surface area (Å²) in [5, 5.41) is 16.9. The first-order chi connectivity index (χ1) is 14.0. The van der Waals surface area contributed by atoms with Crippen molar-refractivity contribution in [2.24, 2.45) is 7.05 Å². The fraction of sp³-hybridized carbons (Fsp3) is 0.368.